The summed E-state index contributed by atoms with van der Waals surface area (Å²) in [4.78, 5) is 0.263. The van der Waals surface area contributed by atoms with E-state index in [9.17, 15) is 8.42 Å². The second-order valence-corrected chi connectivity index (χ2v) is 8.80. The third kappa shape index (κ3) is 3.38. The highest BCUT2D eigenvalue weighted by Crippen LogP contribution is 2.48. The normalized spacial score (nSPS) is 19.6. The molecule has 2 aliphatic carbocycles. The second kappa shape index (κ2) is 5.59. The summed E-state index contributed by atoms with van der Waals surface area (Å²) in [6.07, 6.45) is 5.04. The average molecular weight is 379 g/mol. The zero-order valence-electron chi connectivity index (χ0n) is 11.0. The molecule has 0 bridgehead atoms. The van der Waals surface area contributed by atoms with Crippen LogP contribution in [0.25, 0.3) is 0 Å². The van der Waals surface area contributed by atoms with Crippen molar-refractivity contribution >= 4 is 37.6 Å². The molecule has 1 aromatic carbocycles. The van der Waals surface area contributed by atoms with Crippen LogP contribution in [0.15, 0.2) is 27.6 Å². The quantitative estimate of drug-likeness (QED) is 0.818. The summed E-state index contributed by atoms with van der Waals surface area (Å²) in [5.41, 5.74) is 0. The molecule has 0 unspecified atom stereocenters. The maximum Gasteiger partial charge on any atom is 0.240 e. The van der Waals surface area contributed by atoms with Crippen molar-refractivity contribution in [3.63, 3.8) is 0 Å². The molecular weight excluding hydrogens is 362 g/mol. The Labute approximate surface area is 133 Å². The maximum atomic E-state index is 12.3. The molecule has 1 aromatic rings. The van der Waals surface area contributed by atoms with Crippen molar-refractivity contribution in [1.82, 2.24) is 4.72 Å². The van der Waals surface area contributed by atoms with Crippen LogP contribution in [-0.2, 0) is 10.0 Å². The zero-order valence-corrected chi connectivity index (χ0v) is 14.1. The molecule has 3 nitrogen and oxygen atoms in total. The topological polar surface area (TPSA) is 46.2 Å². The highest BCUT2D eigenvalue weighted by Gasteiger charge is 2.41. The number of hydrogen-bond acceptors (Lipinski definition) is 2. The number of benzene rings is 1. The maximum absolute atomic E-state index is 12.3. The molecule has 2 fully saturated rings. The SMILES string of the molecule is O=S(=O)(NCC(C1CC1)C1CC1)c1ccc(Cl)c(Br)c1. The van der Waals surface area contributed by atoms with Crippen molar-refractivity contribution in [2.75, 3.05) is 6.54 Å². The molecule has 0 heterocycles. The van der Waals surface area contributed by atoms with E-state index in [1.165, 1.54) is 25.7 Å². The van der Waals surface area contributed by atoms with Gasteiger partial charge in [0.15, 0.2) is 0 Å². The minimum absolute atomic E-state index is 0.263. The fourth-order valence-electron chi connectivity index (χ4n) is 2.70. The molecule has 2 saturated carbocycles. The Morgan fingerprint density at radius 1 is 1.25 bits per heavy atom. The third-order valence-corrected chi connectivity index (χ3v) is 6.80. The van der Waals surface area contributed by atoms with Gasteiger partial charge in [-0.2, -0.15) is 0 Å². The summed E-state index contributed by atoms with van der Waals surface area (Å²) in [7, 11) is -3.44. The van der Waals surface area contributed by atoms with Crippen LogP contribution in [-0.4, -0.2) is 15.0 Å². The summed E-state index contributed by atoms with van der Waals surface area (Å²) < 4.78 is 28.0. The highest BCUT2D eigenvalue weighted by atomic mass is 79.9. The third-order valence-electron chi connectivity index (χ3n) is 4.17. The summed E-state index contributed by atoms with van der Waals surface area (Å²) >= 11 is 9.16. The standard InChI is InChI=1S/C14H17BrClNO2S/c15-13-7-11(5-6-14(13)16)20(18,19)17-8-12(9-1-2-9)10-3-4-10/h5-7,9-10,12,17H,1-4,8H2. The Morgan fingerprint density at radius 3 is 2.35 bits per heavy atom. The van der Waals surface area contributed by atoms with Gasteiger partial charge >= 0.3 is 0 Å². The Morgan fingerprint density at radius 2 is 1.85 bits per heavy atom. The Hall–Kier alpha value is -0.100. The van der Waals surface area contributed by atoms with Gasteiger partial charge < -0.3 is 0 Å². The molecule has 2 aliphatic rings. The van der Waals surface area contributed by atoms with Crippen LogP contribution in [0.4, 0.5) is 0 Å². The first-order valence-electron chi connectivity index (χ1n) is 6.92. The van der Waals surface area contributed by atoms with E-state index in [-0.39, 0.29) is 4.90 Å². The van der Waals surface area contributed by atoms with Gasteiger partial charge in [-0.25, -0.2) is 13.1 Å². The van der Waals surface area contributed by atoms with E-state index in [0.29, 0.717) is 22.0 Å². The molecule has 0 aliphatic heterocycles. The number of sulfonamides is 1. The number of rotatable bonds is 6. The van der Waals surface area contributed by atoms with E-state index in [1.54, 1.807) is 18.2 Å². The van der Waals surface area contributed by atoms with Crippen molar-refractivity contribution in [3.8, 4) is 0 Å². The molecule has 0 saturated heterocycles. The second-order valence-electron chi connectivity index (χ2n) is 5.77. The molecule has 0 radical (unpaired) electrons. The predicted molar refractivity (Wildman–Crippen MR) is 83.3 cm³/mol. The fourth-order valence-corrected chi connectivity index (χ4v) is 4.45. The van der Waals surface area contributed by atoms with Crippen LogP contribution in [0.2, 0.25) is 5.02 Å². The summed E-state index contributed by atoms with van der Waals surface area (Å²) in [6, 6.07) is 4.69. The lowest BCUT2D eigenvalue weighted by molar-refractivity contribution is 0.401. The summed E-state index contributed by atoms with van der Waals surface area (Å²) in [5.74, 6) is 2.00. The molecule has 20 heavy (non-hydrogen) atoms. The number of halogens is 2. The van der Waals surface area contributed by atoms with E-state index in [2.05, 4.69) is 20.7 Å². The van der Waals surface area contributed by atoms with E-state index in [4.69, 9.17) is 11.6 Å². The lowest BCUT2D eigenvalue weighted by Gasteiger charge is -2.16. The smallest absolute Gasteiger partial charge is 0.211 e. The lowest BCUT2D eigenvalue weighted by atomic mass is 9.99. The average Bonchev–Trinajstić information content (AvgIpc) is 3.25. The number of hydrogen-bond donors (Lipinski definition) is 1. The molecule has 0 aromatic heterocycles. The van der Waals surface area contributed by atoms with E-state index >= 15 is 0 Å². The largest absolute Gasteiger partial charge is 0.240 e. The van der Waals surface area contributed by atoms with Gasteiger partial charge in [-0.1, -0.05) is 11.6 Å². The number of nitrogens with one attached hydrogen (secondary N) is 1. The molecular formula is C14H17BrClNO2S. The highest BCUT2D eigenvalue weighted by molar-refractivity contribution is 9.10. The zero-order chi connectivity index (χ0) is 14.3. The van der Waals surface area contributed by atoms with Crippen LogP contribution in [0.1, 0.15) is 25.7 Å². The van der Waals surface area contributed by atoms with Crippen LogP contribution < -0.4 is 4.72 Å². The molecule has 1 N–H and O–H groups in total. The lowest BCUT2D eigenvalue weighted by Crippen LogP contribution is -2.31. The monoisotopic (exact) mass is 377 g/mol. The van der Waals surface area contributed by atoms with E-state index in [0.717, 1.165) is 11.8 Å². The predicted octanol–water partition coefficient (Wildman–Crippen LogP) is 3.82. The van der Waals surface area contributed by atoms with Gasteiger partial charge in [-0.05, 0) is 77.6 Å². The van der Waals surface area contributed by atoms with Gasteiger partial charge in [0.05, 0.1) is 9.92 Å². The van der Waals surface area contributed by atoms with Crippen molar-refractivity contribution in [3.05, 3.63) is 27.7 Å². The minimum atomic E-state index is -3.44. The van der Waals surface area contributed by atoms with Crippen LogP contribution in [0, 0.1) is 17.8 Å². The molecule has 0 atom stereocenters. The van der Waals surface area contributed by atoms with Gasteiger partial charge in [0.25, 0.3) is 0 Å². The Balaban J connectivity index is 1.69. The van der Waals surface area contributed by atoms with Gasteiger partial charge in [-0.15, -0.1) is 0 Å². The molecule has 0 amide bonds. The molecule has 3 rings (SSSR count). The van der Waals surface area contributed by atoms with E-state index in [1.807, 2.05) is 0 Å². The van der Waals surface area contributed by atoms with Crippen molar-refractivity contribution < 1.29 is 8.42 Å². The first kappa shape index (κ1) is 14.8. The first-order valence-corrected chi connectivity index (χ1v) is 9.57. The van der Waals surface area contributed by atoms with Gasteiger partial charge in [0.1, 0.15) is 0 Å². The Kier molecular flexibility index (Phi) is 4.15. The van der Waals surface area contributed by atoms with E-state index < -0.39 is 10.0 Å². The first-order chi connectivity index (χ1) is 9.47. The molecule has 110 valence electrons. The molecule has 6 heteroatoms. The van der Waals surface area contributed by atoms with Crippen LogP contribution >= 0.6 is 27.5 Å². The van der Waals surface area contributed by atoms with Gasteiger partial charge in [-0.3, -0.25) is 0 Å². The van der Waals surface area contributed by atoms with Crippen LogP contribution in [0.3, 0.4) is 0 Å². The van der Waals surface area contributed by atoms with Crippen molar-refractivity contribution in [2.45, 2.75) is 30.6 Å². The van der Waals surface area contributed by atoms with Gasteiger partial charge in [0, 0.05) is 11.0 Å². The van der Waals surface area contributed by atoms with Gasteiger partial charge in [0.2, 0.25) is 10.0 Å². The molecule has 0 spiro atoms. The van der Waals surface area contributed by atoms with Crippen molar-refractivity contribution in [1.29, 1.82) is 0 Å². The fraction of sp³-hybridized carbons (Fsp3) is 0.571. The Bertz CT molecular complexity index is 600. The van der Waals surface area contributed by atoms with Crippen LogP contribution in [0.5, 0.6) is 0 Å². The summed E-state index contributed by atoms with van der Waals surface area (Å²) in [5, 5.41) is 0.512. The summed E-state index contributed by atoms with van der Waals surface area (Å²) in [6.45, 7) is 0.567. The van der Waals surface area contributed by atoms with Crippen molar-refractivity contribution in [2.24, 2.45) is 17.8 Å². The minimum Gasteiger partial charge on any atom is -0.211 e.